The minimum absolute atomic E-state index is 0. The number of carbonyl (C=O) groups is 12. The smallest absolute Gasteiger partial charge is 1.00 e. The normalized spacial score (nSPS) is 11.1. The average molecular weight is 1920 g/mol. The van der Waals surface area contributed by atoms with E-state index in [-0.39, 0.29) is 168 Å². The van der Waals surface area contributed by atoms with Crippen LogP contribution in [0.5, 0.6) is 0 Å². The van der Waals surface area contributed by atoms with Crippen LogP contribution >= 0.6 is 0 Å². The van der Waals surface area contributed by atoms with E-state index < -0.39 is 30.0 Å². The van der Waals surface area contributed by atoms with Crippen molar-refractivity contribution in [3.63, 3.8) is 0 Å². The van der Waals surface area contributed by atoms with Gasteiger partial charge in [-0.25, -0.2) is 0 Å². The van der Waals surface area contributed by atoms with Crippen LogP contribution in [0.15, 0.2) is 0 Å². The summed E-state index contributed by atoms with van der Waals surface area (Å²) in [5.74, 6) is -4.13. The summed E-state index contributed by atoms with van der Waals surface area (Å²) in [6.45, 7) is 22.9. The van der Waals surface area contributed by atoms with Gasteiger partial charge in [-0.3, -0.25) is 57.5 Å². The van der Waals surface area contributed by atoms with Gasteiger partial charge in [0.05, 0.1) is 6.10 Å². The number of unbranched alkanes of at least 4 members (excludes halogenated alkanes) is 32. The molecule has 23 nitrogen and oxygen atoms in total. The zero-order valence-electron chi connectivity index (χ0n) is 89.5. The molecule has 0 saturated heterocycles. The van der Waals surface area contributed by atoms with Crippen LogP contribution in [0.25, 0.3) is 0 Å². The second kappa shape index (κ2) is 112. The number of carbonyl (C=O) groups excluding carboxylic acids is 8. The van der Waals surface area contributed by atoms with Crippen molar-refractivity contribution in [2.45, 2.75) is 607 Å². The summed E-state index contributed by atoms with van der Waals surface area (Å²) in [7, 11) is 3.86. The summed E-state index contributed by atoms with van der Waals surface area (Å²) in [6, 6.07) is 0. The van der Waals surface area contributed by atoms with E-state index in [9.17, 15) is 62.6 Å². The number of carboxylic acids is 4. The molecule has 0 aliphatic carbocycles. The van der Waals surface area contributed by atoms with E-state index in [0.717, 1.165) is 154 Å². The largest absolute Gasteiger partial charge is 1.00 e. The molecule has 1 unspecified atom stereocenters. The zero-order chi connectivity index (χ0) is 99.4. The Morgan fingerprint density at radius 1 is 0.209 bits per heavy atom. The molecule has 0 bridgehead atoms. The van der Waals surface area contributed by atoms with Gasteiger partial charge in [-0.15, -0.1) is 0 Å². The molecular formula is C109H206BNNaO22. The number of carboxylic acid groups (broad SMARTS) is 4. The fraction of sp³-hybridized carbons (Fsp3) is 0.890. The Hall–Kier alpha value is -4.78. The molecule has 0 aromatic heterocycles. The van der Waals surface area contributed by atoms with Gasteiger partial charge in [0.2, 0.25) is 0 Å². The molecule has 0 spiro atoms. The Morgan fingerprint density at radius 3 is 0.530 bits per heavy atom. The summed E-state index contributed by atoms with van der Waals surface area (Å²) < 4.78 is 29.0. The van der Waals surface area contributed by atoms with E-state index in [1.165, 1.54) is 193 Å². The minimum Gasteiger partial charge on any atom is -1.00 e. The maximum absolute atomic E-state index is 12.5. The number of ether oxygens (including phenoxy) is 5. The van der Waals surface area contributed by atoms with Crippen LogP contribution in [0.2, 0.25) is 0 Å². The maximum atomic E-state index is 12.5. The number of esters is 5. The molecule has 134 heavy (non-hydrogen) atoms. The third-order valence-corrected chi connectivity index (χ3v) is 23.7. The number of aliphatic carboxylic acids is 4. The maximum Gasteiger partial charge on any atom is 1.00 e. The predicted octanol–water partition coefficient (Wildman–Crippen LogP) is 25.8. The van der Waals surface area contributed by atoms with Crippen molar-refractivity contribution >= 4 is 79.5 Å². The van der Waals surface area contributed by atoms with E-state index in [4.69, 9.17) is 44.1 Å². The quantitative estimate of drug-likeness (QED) is 0.0163. The fourth-order valence-electron chi connectivity index (χ4n) is 15.5. The summed E-state index contributed by atoms with van der Waals surface area (Å²) in [5.41, 5.74) is 0. The molecule has 0 amide bonds. The van der Waals surface area contributed by atoms with Crippen molar-refractivity contribution in [3.8, 4) is 0 Å². The topological polar surface area (TPSA) is 355 Å². The van der Waals surface area contributed by atoms with Crippen molar-refractivity contribution in [2.24, 2.45) is 0 Å². The molecular weight excluding hydrogens is 1710 g/mol. The Morgan fingerprint density at radius 2 is 0.358 bits per heavy atom. The second-order valence-corrected chi connectivity index (χ2v) is 37.4. The van der Waals surface area contributed by atoms with Gasteiger partial charge in [-0.2, -0.15) is 0 Å². The molecule has 0 aromatic carbocycles. The van der Waals surface area contributed by atoms with E-state index in [2.05, 4.69) is 69.2 Å². The van der Waals surface area contributed by atoms with E-state index >= 15 is 0 Å². The van der Waals surface area contributed by atoms with Crippen LogP contribution in [-0.4, -0.2) is 167 Å². The first-order chi connectivity index (χ1) is 63.6. The van der Waals surface area contributed by atoms with Gasteiger partial charge >= 0.3 is 83.3 Å². The third-order valence-electron chi connectivity index (χ3n) is 23.7. The SMILES string of the molecule is CCCCCCCC(CCCCCCC)OC(=O)CCCC(=O)CCCC(=O)O.CCCCCCCC(CCCCCCC)OC(=O)CCCC(=O)CCCC(=O)OC(CCCCC)CCCCC.CCCCCCCC(CCCCCCC)OC(=O)CCCC(O)CCCC(=O)OC(CCCCC)CCCCC.CN(C)CCCC(=O)O.O=C(O)CCCC(=O)CCCC(=O)O.[B].[H-].[Na+]. The van der Waals surface area contributed by atoms with Crippen molar-refractivity contribution in [2.75, 3.05) is 20.6 Å². The zero-order valence-corrected chi connectivity index (χ0v) is 90.5. The summed E-state index contributed by atoms with van der Waals surface area (Å²) in [6.07, 6.45) is 68.9. The van der Waals surface area contributed by atoms with Crippen LogP contribution in [0.4, 0.5) is 0 Å². The molecule has 783 valence electrons. The van der Waals surface area contributed by atoms with Gasteiger partial charge in [0, 0.05) is 105 Å². The molecule has 0 aromatic rings. The molecule has 0 aliphatic heterocycles. The predicted molar refractivity (Wildman–Crippen MR) is 543 cm³/mol. The molecule has 0 aliphatic rings. The monoisotopic (exact) mass is 1920 g/mol. The third kappa shape index (κ3) is 118. The molecule has 0 rings (SSSR count). The Balaban J connectivity index is -0.000000266. The molecule has 5 N–H and O–H groups in total. The number of ketones is 3. The van der Waals surface area contributed by atoms with Crippen LogP contribution in [0.3, 0.4) is 0 Å². The molecule has 1 atom stereocenters. The Bertz CT molecular complexity index is 2630. The van der Waals surface area contributed by atoms with Gasteiger partial charge in [0.1, 0.15) is 47.9 Å². The van der Waals surface area contributed by atoms with Gasteiger partial charge in [0.25, 0.3) is 0 Å². The number of hydrogen-bond acceptors (Lipinski definition) is 19. The summed E-state index contributed by atoms with van der Waals surface area (Å²) >= 11 is 0. The van der Waals surface area contributed by atoms with Crippen molar-refractivity contribution < 1.29 is 138 Å². The van der Waals surface area contributed by atoms with Crippen LogP contribution in [-0.2, 0) is 81.2 Å². The van der Waals surface area contributed by atoms with Crippen LogP contribution in [0.1, 0.15) is 571 Å². The Labute approximate surface area is 844 Å². The van der Waals surface area contributed by atoms with Crippen LogP contribution < -0.4 is 29.6 Å². The first-order valence-electron chi connectivity index (χ1n) is 54.3. The van der Waals surface area contributed by atoms with E-state index in [1.807, 2.05) is 19.0 Å². The molecule has 0 fully saturated rings. The molecule has 0 saturated carbocycles. The van der Waals surface area contributed by atoms with Gasteiger partial charge in [-0.05, 0) is 220 Å². The number of Topliss-reactive ketones (excluding diaryl/α,β-unsaturated/α-hetero) is 3. The molecule has 0 heterocycles. The standard InChI is InChI=1S/C35H68O5.C35H66O5.C24H44O5.C9H14O5.C6H13NO2.B.Na.H/c2*1-5-9-13-15-19-27-33(28-20-16-14-10-6-2)40-35(38)30-22-24-31(36)23-21-29-34(37)39-32(25-17-11-7-3)26-18-12-8-4;1-3-5-7-9-11-17-22(18-12-10-8-6-4-2)29-24(28)20-14-16-21(25)15-13-19-23(26)27;10-7(3-1-5-8(11)12)4-2-6-9(13)14;1-7(2)5-3-4-6(8)9;;;/h31-33,36H,5-30H2,1-4H3;32-33H,5-30H2,1-4H3;22H,3-20H2,1-2H3,(H,26,27);1-6H2,(H,11,12)(H,13,14);3-5H2,1-2H3,(H,8,9);;;/q;;;;;;+1;-1. The van der Waals surface area contributed by atoms with Gasteiger partial charge in [-0.1, -0.05) is 275 Å². The Kier molecular flexibility index (Phi) is 119. The first-order valence-corrected chi connectivity index (χ1v) is 54.3. The van der Waals surface area contributed by atoms with Gasteiger partial charge in [0.15, 0.2) is 0 Å². The number of nitrogens with zero attached hydrogens (tertiary/aromatic N) is 1. The number of aliphatic hydroxyl groups excluding tert-OH is 1. The van der Waals surface area contributed by atoms with Gasteiger partial charge < -0.3 is 55.5 Å². The van der Waals surface area contributed by atoms with Crippen LogP contribution in [0, 0.1) is 0 Å². The summed E-state index contributed by atoms with van der Waals surface area (Å²) in [4.78, 5) is 140. The number of hydrogen-bond donors (Lipinski definition) is 5. The van der Waals surface area contributed by atoms with Crippen molar-refractivity contribution in [3.05, 3.63) is 0 Å². The molecule has 3 radical (unpaired) electrons. The molecule has 25 heteroatoms. The van der Waals surface area contributed by atoms with E-state index in [0.29, 0.717) is 109 Å². The van der Waals surface area contributed by atoms with Crippen molar-refractivity contribution in [1.29, 1.82) is 0 Å². The fourth-order valence-corrected chi connectivity index (χ4v) is 15.5. The minimum atomic E-state index is -0.914. The summed E-state index contributed by atoms with van der Waals surface area (Å²) in [5, 5.41) is 43.8. The number of rotatable bonds is 93. The van der Waals surface area contributed by atoms with E-state index in [1.54, 1.807) is 0 Å². The average Bonchev–Trinajstić information content (AvgIpc) is 0.969. The second-order valence-electron chi connectivity index (χ2n) is 37.4. The van der Waals surface area contributed by atoms with Crippen molar-refractivity contribution in [1.82, 2.24) is 4.90 Å². The number of aliphatic hydroxyl groups is 1. The first kappa shape index (κ1) is 142.